The van der Waals surface area contributed by atoms with Crippen LogP contribution >= 0.6 is 11.3 Å². The summed E-state index contributed by atoms with van der Waals surface area (Å²) in [6.07, 6.45) is 2.70. The largest absolute Gasteiger partial charge is 0.395 e. The fraction of sp³-hybridized carbons (Fsp3) is 0.500. The lowest BCUT2D eigenvalue weighted by molar-refractivity contribution is 0.206. The van der Waals surface area contributed by atoms with E-state index in [4.69, 9.17) is 5.11 Å². The normalized spacial score (nSPS) is 13.6. The van der Waals surface area contributed by atoms with Gasteiger partial charge in [0.1, 0.15) is 0 Å². The van der Waals surface area contributed by atoms with Gasteiger partial charge in [-0.15, -0.1) is 11.3 Å². The molecule has 0 aliphatic heterocycles. The highest BCUT2D eigenvalue weighted by molar-refractivity contribution is 7.10. The zero-order chi connectivity index (χ0) is 13.7. The topological polar surface area (TPSA) is 52.6 Å². The maximum Gasteiger partial charge on any atom is 0.317 e. The molecule has 102 valence electrons. The lowest BCUT2D eigenvalue weighted by Gasteiger charge is -2.16. The molecule has 0 bridgehead atoms. The number of urea groups is 1. The van der Waals surface area contributed by atoms with E-state index in [2.05, 4.69) is 17.2 Å². The lowest BCUT2D eigenvalue weighted by Crippen LogP contribution is -2.37. The Bertz CT molecular complexity index is 497. The molecule has 0 unspecified atom stereocenters. The van der Waals surface area contributed by atoms with Crippen molar-refractivity contribution in [3.05, 3.63) is 21.9 Å². The number of aliphatic hydroxyl groups excluding tert-OH is 1. The smallest absolute Gasteiger partial charge is 0.317 e. The summed E-state index contributed by atoms with van der Waals surface area (Å²) in [7, 11) is 1.80. The molecule has 1 saturated carbocycles. The van der Waals surface area contributed by atoms with Gasteiger partial charge >= 0.3 is 6.03 Å². The Labute approximate surface area is 117 Å². The number of hydrogen-bond donors (Lipinski definition) is 2. The molecule has 1 aromatic rings. The summed E-state index contributed by atoms with van der Waals surface area (Å²) < 4.78 is 0. The molecule has 1 heterocycles. The first-order chi connectivity index (χ1) is 9.19. The highest BCUT2D eigenvalue weighted by atomic mass is 32.1. The van der Waals surface area contributed by atoms with Crippen LogP contribution in [-0.2, 0) is 6.54 Å². The molecule has 1 aromatic heterocycles. The van der Waals surface area contributed by atoms with Gasteiger partial charge in [0, 0.05) is 26.1 Å². The van der Waals surface area contributed by atoms with E-state index in [-0.39, 0.29) is 12.6 Å². The molecular weight excluding hydrogens is 260 g/mol. The molecule has 1 aliphatic carbocycles. The number of hydrogen-bond acceptors (Lipinski definition) is 3. The number of amides is 2. The van der Waals surface area contributed by atoms with Crippen molar-refractivity contribution < 1.29 is 9.90 Å². The van der Waals surface area contributed by atoms with E-state index in [1.54, 1.807) is 23.3 Å². The Morgan fingerprint density at radius 3 is 3.11 bits per heavy atom. The molecule has 2 amide bonds. The summed E-state index contributed by atoms with van der Waals surface area (Å²) in [4.78, 5) is 14.4. The third kappa shape index (κ3) is 4.58. The third-order valence-corrected chi connectivity index (χ3v) is 3.67. The van der Waals surface area contributed by atoms with E-state index < -0.39 is 0 Å². The van der Waals surface area contributed by atoms with Gasteiger partial charge in [0.15, 0.2) is 0 Å². The van der Waals surface area contributed by atoms with E-state index >= 15 is 0 Å². The summed E-state index contributed by atoms with van der Waals surface area (Å²) in [6.45, 7) is 0.687. The van der Waals surface area contributed by atoms with Gasteiger partial charge in [-0.1, -0.05) is 11.8 Å². The number of aliphatic hydroxyl groups is 1. The van der Waals surface area contributed by atoms with Crippen molar-refractivity contribution in [2.45, 2.75) is 31.8 Å². The molecule has 5 heteroatoms. The minimum atomic E-state index is -0.0124. The minimum absolute atomic E-state index is 0.0124. The fourth-order valence-electron chi connectivity index (χ4n) is 1.59. The predicted molar refractivity (Wildman–Crippen MR) is 75.9 cm³/mol. The fourth-order valence-corrected chi connectivity index (χ4v) is 2.36. The van der Waals surface area contributed by atoms with Gasteiger partial charge < -0.3 is 15.3 Å². The molecule has 2 N–H and O–H groups in total. The van der Waals surface area contributed by atoms with Crippen LogP contribution in [0.5, 0.6) is 0 Å². The monoisotopic (exact) mass is 278 g/mol. The lowest BCUT2D eigenvalue weighted by atomic mass is 10.3. The first-order valence-electron chi connectivity index (χ1n) is 6.38. The number of thiophene rings is 1. The van der Waals surface area contributed by atoms with Crippen LogP contribution in [0.25, 0.3) is 0 Å². The standard InChI is InChI=1S/C14H18N2O2S/c1-16(14(18)15-12-5-6-12)9-11-8-13(19-10-11)4-2-3-7-17/h8,10,12,17H,3,5-7,9H2,1H3,(H,15,18). The molecule has 1 fully saturated rings. The molecule has 0 atom stereocenters. The molecular formula is C14H18N2O2S. The van der Waals surface area contributed by atoms with Crippen LogP contribution in [0, 0.1) is 11.8 Å². The van der Waals surface area contributed by atoms with Crippen molar-refractivity contribution >= 4 is 17.4 Å². The van der Waals surface area contributed by atoms with Crippen molar-refractivity contribution in [1.82, 2.24) is 10.2 Å². The Morgan fingerprint density at radius 1 is 1.63 bits per heavy atom. The summed E-state index contributed by atoms with van der Waals surface area (Å²) in [6, 6.07) is 2.37. The number of nitrogens with one attached hydrogen (secondary N) is 1. The molecule has 2 rings (SSSR count). The second kappa shape index (κ2) is 6.60. The van der Waals surface area contributed by atoms with Crippen LogP contribution in [0.1, 0.15) is 29.7 Å². The van der Waals surface area contributed by atoms with E-state index in [1.165, 1.54) is 0 Å². The average Bonchev–Trinajstić information content (AvgIpc) is 3.09. The van der Waals surface area contributed by atoms with E-state index in [0.29, 0.717) is 19.0 Å². The number of carbonyl (C=O) groups is 1. The van der Waals surface area contributed by atoms with Gasteiger partial charge in [0.05, 0.1) is 11.5 Å². The van der Waals surface area contributed by atoms with Crippen molar-refractivity contribution in [3.8, 4) is 11.8 Å². The average molecular weight is 278 g/mol. The van der Waals surface area contributed by atoms with Gasteiger partial charge in [0.25, 0.3) is 0 Å². The van der Waals surface area contributed by atoms with E-state index in [1.807, 2.05) is 11.4 Å². The summed E-state index contributed by atoms with van der Waals surface area (Å²) in [5.41, 5.74) is 1.09. The Kier molecular flexibility index (Phi) is 4.83. The Morgan fingerprint density at radius 2 is 2.42 bits per heavy atom. The maximum absolute atomic E-state index is 11.8. The zero-order valence-corrected chi connectivity index (χ0v) is 11.8. The van der Waals surface area contributed by atoms with Gasteiger partial charge in [-0.25, -0.2) is 4.79 Å². The van der Waals surface area contributed by atoms with Gasteiger partial charge in [0.2, 0.25) is 0 Å². The number of rotatable bonds is 4. The molecule has 4 nitrogen and oxygen atoms in total. The van der Waals surface area contributed by atoms with E-state index in [0.717, 1.165) is 23.3 Å². The highest BCUT2D eigenvalue weighted by Crippen LogP contribution is 2.19. The second-order valence-electron chi connectivity index (χ2n) is 4.67. The van der Waals surface area contributed by atoms with Crippen molar-refractivity contribution in [2.75, 3.05) is 13.7 Å². The number of carbonyl (C=O) groups excluding carboxylic acids is 1. The molecule has 0 saturated heterocycles. The number of nitrogens with zero attached hydrogens (tertiary/aromatic N) is 1. The second-order valence-corrected chi connectivity index (χ2v) is 5.59. The summed E-state index contributed by atoms with van der Waals surface area (Å²) >= 11 is 1.57. The molecule has 0 aromatic carbocycles. The maximum atomic E-state index is 11.8. The Balaban J connectivity index is 1.84. The first kappa shape index (κ1) is 13.9. The van der Waals surface area contributed by atoms with Gasteiger partial charge in [-0.05, 0) is 29.9 Å². The van der Waals surface area contributed by atoms with Crippen LogP contribution in [0.15, 0.2) is 11.4 Å². The van der Waals surface area contributed by atoms with Crippen LogP contribution in [-0.4, -0.2) is 35.7 Å². The third-order valence-electron chi connectivity index (χ3n) is 2.77. The van der Waals surface area contributed by atoms with Crippen LogP contribution in [0.3, 0.4) is 0 Å². The minimum Gasteiger partial charge on any atom is -0.395 e. The van der Waals surface area contributed by atoms with Crippen LogP contribution < -0.4 is 5.32 Å². The van der Waals surface area contributed by atoms with E-state index in [9.17, 15) is 4.79 Å². The summed E-state index contributed by atoms with van der Waals surface area (Å²) in [5, 5.41) is 13.6. The quantitative estimate of drug-likeness (QED) is 0.825. The van der Waals surface area contributed by atoms with Crippen LogP contribution in [0.2, 0.25) is 0 Å². The Hall–Kier alpha value is -1.51. The van der Waals surface area contributed by atoms with Crippen molar-refractivity contribution in [2.24, 2.45) is 0 Å². The molecule has 0 radical (unpaired) electrons. The van der Waals surface area contributed by atoms with Crippen LogP contribution in [0.4, 0.5) is 4.79 Å². The highest BCUT2D eigenvalue weighted by Gasteiger charge is 2.24. The first-order valence-corrected chi connectivity index (χ1v) is 7.26. The van der Waals surface area contributed by atoms with Crippen molar-refractivity contribution in [3.63, 3.8) is 0 Å². The van der Waals surface area contributed by atoms with Gasteiger partial charge in [-0.2, -0.15) is 0 Å². The summed E-state index contributed by atoms with van der Waals surface area (Å²) in [5.74, 6) is 5.89. The molecule has 0 spiro atoms. The molecule has 1 aliphatic rings. The molecule has 19 heavy (non-hydrogen) atoms. The predicted octanol–water partition coefficient (Wildman–Crippen LogP) is 1.79. The zero-order valence-electron chi connectivity index (χ0n) is 11.0. The van der Waals surface area contributed by atoms with Gasteiger partial charge in [-0.3, -0.25) is 0 Å². The van der Waals surface area contributed by atoms with Crippen molar-refractivity contribution in [1.29, 1.82) is 0 Å². The SMILES string of the molecule is CN(Cc1csc(C#CCCO)c1)C(=O)NC1CC1.